The summed E-state index contributed by atoms with van der Waals surface area (Å²) in [7, 11) is 0. The van der Waals surface area contributed by atoms with Crippen molar-refractivity contribution in [3.8, 4) is 0 Å². The van der Waals surface area contributed by atoms with E-state index in [2.05, 4.69) is 29.6 Å². The lowest BCUT2D eigenvalue weighted by atomic mass is 9.99. The van der Waals surface area contributed by atoms with E-state index in [0.717, 1.165) is 19.3 Å². The number of nitrogens with zero attached hydrogens (tertiary/aromatic N) is 2. The molecule has 0 aliphatic carbocycles. The quantitative estimate of drug-likeness (QED) is 0.824. The number of fused-ring (bicyclic) bond motifs is 1. The molecule has 84 valence electrons. The number of aromatic nitrogens is 2. The van der Waals surface area contributed by atoms with E-state index in [0.29, 0.717) is 6.04 Å². The zero-order chi connectivity index (χ0) is 10.8. The van der Waals surface area contributed by atoms with Gasteiger partial charge in [0.05, 0.1) is 5.69 Å². The third-order valence-corrected chi connectivity index (χ3v) is 3.20. The van der Waals surface area contributed by atoms with Crippen molar-refractivity contribution >= 4 is 0 Å². The number of imidazole rings is 1. The summed E-state index contributed by atoms with van der Waals surface area (Å²) < 4.78 is 2.37. The predicted molar refractivity (Wildman–Crippen MR) is 61.8 cm³/mol. The highest BCUT2D eigenvalue weighted by Crippen LogP contribution is 2.28. The topological polar surface area (TPSA) is 43.8 Å². The third-order valence-electron chi connectivity index (χ3n) is 3.20. The average molecular weight is 207 g/mol. The maximum Gasteiger partial charge on any atom is 0.109 e. The van der Waals surface area contributed by atoms with Gasteiger partial charge in [-0.15, -0.1) is 0 Å². The number of rotatable bonds is 3. The Morgan fingerprint density at radius 2 is 2.47 bits per heavy atom. The molecular weight excluding hydrogens is 186 g/mol. The Kier molecular flexibility index (Phi) is 3.10. The molecule has 1 aliphatic rings. The molecule has 2 heterocycles. The van der Waals surface area contributed by atoms with Crippen molar-refractivity contribution in [1.29, 1.82) is 0 Å². The lowest BCUT2D eigenvalue weighted by Gasteiger charge is -2.26. The SMILES string of the molecule is CCc1cn2c(n1)CCCC2CC(C)N. The third kappa shape index (κ3) is 2.23. The molecule has 0 radical (unpaired) electrons. The van der Waals surface area contributed by atoms with E-state index in [9.17, 15) is 0 Å². The van der Waals surface area contributed by atoms with Crippen LogP contribution in [-0.2, 0) is 12.8 Å². The molecule has 2 N–H and O–H groups in total. The van der Waals surface area contributed by atoms with Crippen LogP contribution in [0.15, 0.2) is 6.20 Å². The number of nitrogens with two attached hydrogens (primary N) is 1. The fraction of sp³-hybridized carbons (Fsp3) is 0.750. The fourth-order valence-electron chi connectivity index (χ4n) is 2.45. The van der Waals surface area contributed by atoms with Crippen molar-refractivity contribution in [1.82, 2.24) is 9.55 Å². The fourth-order valence-corrected chi connectivity index (χ4v) is 2.45. The minimum absolute atomic E-state index is 0.286. The zero-order valence-electron chi connectivity index (χ0n) is 9.74. The number of hydrogen-bond acceptors (Lipinski definition) is 2. The molecule has 0 bridgehead atoms. The highest BCUT2D eigenvalue weighted by Gasteiger charge is 2.21. The van der Waals surface area contributed by atoms with E-state index in [1.54, 1.807) is 0 Å². The van der Waals surface area contributed by atoms with Crippen LogP contribution in [0.5, 0.6) is 0 Å². The Labute approximate surface area is 91.7 Å². The van der Waals surface area contributed by atoms with Gasteiger partial charge >= 0.3 is 0 Å². The first-order valence-corrected chi connectivity index (χ1v) is 6.03. The van der Waals surface area contributed by atoms with E-state index in [-0.39, 0.29) is 6.04 Å². The summed E-state index contributed by atoms with van der Waals surface area (Å²) in [5.74, 6) is 1.27. The number of hydrogen-bond donors (Lipinski definition) is 1. The molecule has 0 saturated heterocycles. The highest BCUT2D eigenvalue weighted by molar-refractivity contribution is 5.08. The van der Waals surface area contributed by atoms with Gasteiger partial charge in [0, 0.05) is 24.7 Å². The maximum absolute atomic E-state index is 5.89. The van der Waals surface area contributed by atoms with Crippen LogP contribution in [0.1, 0.15) is 50.7 Å². The Bertz CT molecular complexity index is 328. The Balaban J connectivity index is 2.21. The molecule has 0 saturated carbocycles. The second-order valence-electron chi connectivity index (χ2n) is 4.67. The molecule has 2 rings (SSSR count). The molecular formula is C12H21N3. The summed E-state index contributed by atoms with van der Waals surface area (Å²) >= 11 is 0. The molecule has 3 nitrogen and oxygen atoms in total. The van der Waals surface area contributed by atoms with Crippen molar-refractivity contribution in [2.45, 2.75) is 58.0 Å². The van der Waals surface area contributed by atoms with Crippen LogP contribution in [0.3, 0.4) is 0 Å². The largest absolute Gasteiger partial charge is 0.332 e. The second kappa shape index (κ2) is 4.35. The first-order chi connectivity index (χ1) is 7.20. The first-order valence-electron chi connectivity index (χ1n) is 6.03. The minimum atomic E-state index is 0.286. The summed E-state index contributed by atoms with van der Waals surface area (Å²) in [6.45, 7) is 4.25. The Morgan fingerprint density at radius 1 is 1.67 bits per heavy atom. The van der Waals surface area contributed by atoms with Crippen LogP contribution >= 0.6 is 0 Å². The Morgan fingerprint density at radius 3 is 3.13 bits per heavy atom. The molecule has 15 heavy (non-hydrogen) atoms. The molecule has 1 aromatic rings. The standard InChI is InChI=1S/C12H21N3/c1-3-10-8-15-11(7-9(2)13)5-4-6-12(15)14-10/h8-9,11H,3-7,13H2,1-2H3. The Hall–Kier alpha value is -0.830. The monoisotopic (exact) mass is 207 g/mol. The van der Waals surface area contributed by atoms with Gasteiger partial charge in [0.25, 0.3) is 0 Å². The molecule has 2 atom stereocenters. The van der Waals surface area contributed by atoms with Gasteiger partial charge in [0.1, 0.15) is 5.82 Å². The van der Waals surface area contributed by atoms with Crippen LogP contribution in [0.25, 0.3) is 0 Å². The van der Waals surface area contributed by atoms with Gasteiger partial charge in [-0.2, -0.15) is 0 Å². The van der Waals surface area contributed by atoms with Crippen molar-refractivity contribution in [3.63, 3.8) is 0 Å². The molecule has 0 spiro atoms. The molecule has 0 amide bonds. The molecule has 2 unspecified atom stereocenters. The first kappa shape index (κ1) is 10.7. The number of aryl methyl sites for hydroxylation is 2. The van der Waals surface area contributed by atoms with Gasteiger partial charge in [-0.1, -0.05) is 6.92 Å². The highest BCUT2D eigenvalue weighted by atomic mass is 15.1. The second-order valence-corrected chi connectivity index (χ2v) is 4.67. The normalized spacial score (nSPS) is 22.5. The summed E-state index contributed by atoms with van der Waals surface area (Å²) in [6.07, 6.45) is 7.99. The van der Waals surface area contributed by atoms with Crippen molar-refractivity contribution in [2.24, 2.45) is 5.73 Å². The van der Waals surface area contributed by atoms with Crippen LogP contribution in [0, 0.1) is 0 Å². The summed E-state index contributed by atoms with van der Waals surface area (Å²) in [6, 6.07) is 0.870. The van der Waals surface area contributed by atoms with Crippen LogP contribution < -0.4 is 5.73 Å². The molecule has 0 aromatic carbocycles. The van der Waals surface area contributed by atoms with Crippen LogP contribution in [0.4, 0.5) is 0 Å². The van der Waals surface area contributed by atoms with E-state index in [1.807, 2.05) is 0 Å². The lowest BCUT2D eigenvalue weighted by Crippen LogP contribution is -2.25. The molecule has 0 fully saturated rings. The maximum atomic E-state index is 5.89. The minimum Gasteiger partial charge on any atom is -0.332 e. The van der Waals surface area contributed by atoms with Gasteiger partial charge in [0.15, 0.2) is 0 Å². The smallest absolute Gasteiger partial charge is 0.109 e. The average Bonchev–Trinajstić information content (AvgIpc) is 2.61. The van der Waals surface area contributed by atoms with Gasteiger partial charge in [0.2, 0.25) is 0 Å². The van der Waals surface area contributed by atoms with Crippen molar-refractivity contribution in [3.05, 3.63) is 17.7 Å². The van der Waals surface area contributed by atoms with Gasteiger partial charge in [-0.25, -0.2) is 4.98 Å². The summed E-state index contributed by atoms with van der Waals surface area (Å²) in [5.41, 5.74) is 7.11. The molecule has 1 aromatic heterocycles. The molecule has 3 heteroatoms. The van der Waals surface area contributed by atoms with E-state index in [4.69, 9.17) is 5.73 Å². The van der Waals surface area contributed by atoms with Crippen LogP contribution in [0.2, 0.25) is 0 Å². The van der Waals surface area contributed by atoms with Crippen LogP contribution in [-0.4, -0.2) is 15.6 Å². The lowest BCUT2D eigenvalue weighted by molar-refractivity contribution is 0.355. The van der Waals surface area contributed by atoms with Gasteiger partial charge in [-0.05, 0) is 32.6 Å². The zero-order valence-corrected chi connectivity index (χ0v) is 9.74. The van der Waals surface area contributed by atoms with E-state index < -0.39 is 0 Å². The predicted octanol–water partition coefficient (Wildman–Crippen LogP) is 2.06. The molecule has 1 aliphatic heterocycles. The van der Waals surface area contributed by atoms with Gasteiger partial charge < -0.3 is 10.3 Å². The summed E-state index contributed by atoms with van der Waals surface area (Å²) in [5, 5.41) is 0. The van der Waals surface area contributed by atoms with E-state index in [1.165, 1.54) is 24.4 Å². The summed E-state index contributed by atoms with van der Waals surface area (Å²) in [4.78, 5) is 4.65. The van der Waals surface area contributed by atoms with Crippen molar-refractivity contribution < 1.29 is 0 Å². The van der Waals surface area contributed by atoms with E-state index >= 15 is 0 Å². The van der Waals surface area contributed by atoms with Crippen molar-refractivity contribution in [2.75, 3.05) is 0 Å². The van der Waals surface area contributed by atoms with Gasteiger partial charge in [-0.3, -0.25) is 0 Å².